The molecule has 0 saturated heterocycles. The molecule has 0 aliphatic carbocycles. The van der Waals surface area contributed by atoms with Crippen LogP contribution < -0.4 is 0 Å². The first-order valence-electron chi connectivity index (χ1n) is 7.86. The van der Waals surface area contributed by atoms with Crippen LogP contribution >= 0.6 is 0 Å². The van der Waals surface area contributed by atoms with Crippen molar-refractivity contribution >= 4 is 0 Å². The Labute approximate surface area is 119 Å². The van der Waals surface area contributed by atoms with Crippen LogP contribution in [-0.2, 0) is 11.3 Å². The number of ether oxygens (including phenoxy) is 1. The van der Waals surface area contributed by atoms with Gasteiger partial charge in [-0.2, -0.15) is 0 Å². The first-order valence-corrected chi connectivity index (χ1v) is 7.36. The van der Waals surface area contributed by atoms with Crippen LogP contribution in [-0.4, -0.2) is 6.08 Å². The second kappa shape index (κ2) is 10.6. The van der Waals surface area contributed by atoms with Crippen molar-refractivity contribution in [2.24, 2.45) is 0 Å². The lowest BCUT2D eigenvalue weighted by Crippen LogP contribution is -2.10. The van der Waals surface area contributed by atoms with E-state index < -0.39 is 6.08 Å². The van der Waals surface area contributed by atoms with E-state index in [4.69, 9.17) is 12.5 Å². The van der Waals surface area contributed by atoms with Gasteiger partial charge in [-0.05, 0) is 18.4 Å². The van der Waals surface area contributed by atoms with Crippen molar-refractivity contribution in [2.45, 2.75) is 64.6 Å². The summed E-state index contributed by atoms with van der Waals surface area (Å²) in [4.78, 5) is 0. The van der Waals surface area contributed by atoms with Crippen LogP contribution in [0.15, 0.2) is 30.3 Å². The maximum atomic E-state index is 8.18. The van der Waals surface area contributed by atoms with Crippen LogP contribution in [0.5, 0.6) is 0 Å². The molecule has 104 valence electrons. The highest BCUT2D eigenvalue weighted by Gasteiger charge is 2.05. The number of hydrogen-bond acceptors (Lipinski definition) is 1. The predicted octanol–water partition coefficient (Wildman–Crippen LogP) is 4.96. The zero-order chi connectivity index (χ0) is 14.7. The normalized spacial score (nSPS) is 14.4. The largest absolute Gasteiger partial charge is 0.361 e. The molecule has 0 amide bonds. The van der Waals surface area contributed by atoms with Gasteiger partial charge in [0.2, 0.25) is 0 Å². The van der Waals surface area contributed by atoms with E-state index in [9.17, 15) is 0 Å². The molecule has 0 N–H and O–H groups in total. The smallest absolute Gasteiger partial charge is 0.118 e. The average molecular weight is 259 g/mol. The number of rotatable bonds is 10. The third-order valence-electron chi connectivity index (χ3n) is 3.17. The Hall–Kier alpha value is -1.26. The first-order chi connectivity index (χ1) is 9.70. The molecule has 1 unspecified atom stereocenters. The van der Waals surface area contributed by atoms with Crippen molar-refractivity contribution in [3.8, 4) is 12.3 Å². The van der Waals surface area contributed by atoms with Gasteiger partial charge in [0.1, 0.15) is 6.08 Å². The van der Waals surface area contributed by atoms with Gasteiger partial charge in [-0.1, -0.05) is 75.3 Å². The summed E-state index contributed by atoms with van der Waals surface area (Å²) >= 11 is 0. The second-order valence-corrected chi connectivity index (χ2v) is 4.86. The van der Waals surface area contributed by atoms with Crippen molar-refractivity contribution in [1.29, 1.82) is 0 Å². The summed E-state index contributed by atoms with van der Waals surface area (Å²) in [6.07, 6.45) is 12.1. The fourth-order valence-corrected chi connectivity index (χ4v) is 2.00. The van der Waals surface area contributed by atoms with E-state index >= 15 is 0 Å². The van der Waals surface area contributed by atoms with E-state index in [0.29, 0.717) is 13.0 Å². The average Bonchev–Trinajstić information content (AvgIpc) is 2.50. The van der Waals surface area contributed by atoms with Gasteiger partial charge in [-0.25, -0.2) is 0 Å². The van der Waals surface area contributed by atoms with Crippen molar-refractivity contribution in [1.82, 2.24) is 0 Å². The fourth-order valence-electron chi connectivity index (χ4n) is 2.00. The molecule has 1 aromatic rings. The lowest BCUT2D eigenvalue weighted by atomic mass is 10.1. The van der Waals surface area contributed by atoms with E-state index in [2.05, 4.69) is 12.8 Å². The van der Waals surface area contributed by atoms with Crippen LogP contribution in [0, 0.1) is 12.3 Å². The summed E-state index contributed by atoms with van der Waals surface area (Å²) in [6.45, 7) is 2.62. The summed E-state index contributed by atoms with van der Waals surface area (Å²) in [6, 6.07) is 9.88. The van der Waals surface area contributed by atoms with Gasteiger partial charge in [-0.3, -0.25) is 0 Å². The third kappa shape index (κ3) is 7.70. The molecular formula is C18H26O. The van der Waals surface area contributed by atoms with Crippen LogP contribution in [0.3, 0.4) is 0 Å². The Bertz CT molecular complexity index is 396. The van der Waals surface area contributed by atoms with E-state index in [1.165, 1.54) is 25.7 Å². The highest BCUT2D eigenvalue weighted by Crippen LogP contribution is 2.11. The Morgan fingerprint density at radius 1 is 1.16 bits per heavy atom. The molecule has 0 bridgehead atoms. The summed E-state index contributed by atoms with van der Waals surface area (Å²) in [5, 5.41) is 0. The molecule has 1 aromatic carbocycles. The van der Waals surface area contributed by atoms with E-state index in [0.717, 1.165) is 18.4 Å². The molecular weight excluding hydrogens is 232 g/mol. The summed E-state index contributed by atoms with van der Waals surface area (Å²) < 4.78 is 13.8. The maximum Gasteiger partial charge on any atom is 0.118 e. The van der Waals surface area contributed by atoms with Gasteiger partial charge in [0.15, 0.2) is 0 Å². The molecule has 0 spiro atoms. The molecule has 19 heavy (non-hydrogen) atoms. The van der Waals surface area contributed by atoms with E-state index in [1.807, 2.05) is 30.3 Å². The fraction of sp³-hybridized carbons (Fsp3) is 0.556. The summed E-state index contributed by atoms with van der Waals surface area (Å²) in [5.41, 5.74) is 1.06. The lowest BCUT2D eigenvalue weighted by Gasteiger charge is -2.12. The molecule has 0 fully saturated rings. The summed E-state index contributed by atoms with van der Waals surface area (Å²) in [7, 11) is 0. The first kappa shape index (κ1) is 14.2. The minimum atomic E-state index is -1.18. The number of hydrogen-bond donors (Lipinski definition) is 0. The van der Waals surface area contributed by atoms with E-state index in [-0.39, 0.29) is 0 Å². The van der Waals surface area contributed by atoms with Gasteiger partial charge in [-0.15, -0.1) is 6.42 Å². The summed E-state index contributed by atoms with van der Waals surface area (Å²) in [5.74, 6) is 2.50. The topological polar surface area (TPSA) is 9.23 Å². The predicted molar refractivity (Wildman–Crippen MR) is 81.8 cm³/mol. The van der Waals surface area contributed by atoms with Crippen molar-refractivity contribution in [2.75, 3.05) is 0 Å². The minimum Gasteiger partial charge on any atom is -0.361 e. The maximum absolute atomic E-state index is 8.18. The van der Waals surface area contributed by atoms with Crippen LogP contribution in [0.2, 0.25) is 0 Å². The molecule has 0 radical (unpaired) electrons. The van der Waals surface area contributed by atoms with Gasteiger partial charge in [0.25, 0.3) is 0 Å². The molecule has 0 aromatic heterocycles. The quantitative estimate of drug-likeness (QED) is 0.426. The zero-order valence-corrected chi connectivity index (χ0v) is 12.0. The Balaban J connectivity index is 2.26. The van der Waals surface area contributed by atoms with Gasteiger partial charge >= 0.3 is 0 Å². The van der Waals surface area contributed by atoms with Crippen LogP contribution in [0.4, 0.5) is 0 Å². The highest BCUT2D eigenvalue weighted by atomic mass is 16.5. The third-order valence-corrected chi connectivity index (χ3v) is 3.17. The molecule has 0 aliphatic rings. The SMILES string of the molecule is [2H]C(C#C)(CCCCCCCC)OCc1ccccc1. The van der Waals surface area contributed by atoms with Gasteiger partial charge in [0, 0.05) is 0 Å². The monoisotopic (exact) mass is 259 g/mol. The van der Waals surface area contributed by atoms with Crippen molar-refractivity contribution < 1.29 is 6.11 Å². The van der Waals surface area contributed by atoms with Crippen LogP contribution in [0.25, 0.3) is 0 Å². The molecule has 0 aliphatic heterocycles. The van der Waals surface area contributed by atoms with Gasteiger partial charge in [0.05, 0.1) is 7.98 Å². The standard InChI is InChI=1S/C18H26O/c1-3-5-6-7-8-12-15-18(4-2)19-16-17-13-10-9-11-14-17/h2,9-11,13-14,18H,3,5-8,12,15-16H2,1H3/i18D. The van der Waals surface area contributed by atoms with Crippen molar-refractivity contribution in [3.05, 3.63) is 35.9 Å². The van der Waals surface area contributed by atoms with Crippen molar-refractivity contribution in [3.63, 3.8) is 0 Å². The number of terminal acetylenes is 1. The van der Waals surface area contributed by atoms with Gasteiger partial charge < -0.3 is 4.74 Å². The highest BCUT2D eigenvalue weighted by molar-refractivity contribution is 5.13. The second-order valence-electron chi connectivity index (χ2n) is 4.86. The molecule has 1 heteroatoms. The molecule has 1 nitrogen and oxygen atoms in total. The molecule has 0 saturated carbocycles. The Morgan fingerprint density at radius 3 is 2.53 bits per heavy atom. The van der Waals surface area contributed by atoms with Crippen LogP contribution in [0.1, 0.15) is 58.8 Å². The van der Waals surface area contributed by atoms with E-state index in [1.54, 1.807) is 0 Å². The molecule has 1 rings (SSSR count). The number of benzene rings is 1. The zero-order valence-electron chi connectivity index (χ0n) is 13.0. The lowest BCUT2D eigenvalue weighted by molar-refractivity contribution is 0.0710. The molecule has 1 atom stereocenters. The Morgan fingerprint density at radius 2 is 1.84 bits per heavy atom. The molecule has 0 heterocycles. The number of unbranched alkanes of at least 4 members (excludes halogenated alkanes) is 5. The Kier molecular flexibility index (Phi) is 7.93. The minimum absolute atomic E-state index is 0.407.